The van der Waals surface area contributed by atoms with E-state index in [0.29, 0.717) is 23.7 Å². The summed E-state index contributed by atoms with van der Waals surface area (Å²) in [4.78, 5) is 2.19. The lowest BCUT2D eigenvalue weighted by atomic mass is 9.86. The summed E-state index contributed by atoms with van der Waals surface area (Å²) in [5.74, 6) is 0.372. The molecule has 1 aromatic rings. The monoisotopic (exact) mass is 328 g/mol. The van der Waals surface area contributed by atoms with Gasteiger partial charge in [-0.1, -0.05) is 29.8 Å². The van der Waals surface area contributed by atoms with Gasteiger partial charge in [0.15, 0.2) is 0 Å². The Morgan fingerprint density at radius 3 is 2.84 bits per heavy atom. The van der Waals surface area contributed by atoms with Gasteiger partial charge >= 0.3 is 0 Å². The van der Waals surface area contributed by atoms with Gasteiger partial charge in [-0.3, -0.25) is 0 Å². The van der Waals surface area contributed by atoms with Crippen LogP contribution in [0.25, 0.3) is 0 Å². The summed E-state index contributed by atoms with van der Waals surface area (Å²) in [7, 11) is 0. The summed E-state index contributed by atoms with van der Waals surface area (Å²) >= 11 is 3.43. The molecule has 3 atom stereocenters. The molecule has 1 fully saturated rings. The summed E-state index contributed by atoms with van der Waals surface area (Å²) in [6.07, 6.45) is 1.06. The van der Waals surface area contributed by atoms with Gasteiger partial charge in [0.25, 0.3) is 0 Å². The van der Waals surface area contributed by atoms with Crippen LogP contribution < -0.4 is 10.2 Å². The fraction of sp³-hybridized carbons (Fsp3) is 0.600. The van der Waals surface area contributed by atoms with Crippen LogP contribution in [0.1, 0.15) is 27.2 Å². The van der Waals surface area contributed by atoms with E-state index in [0.717, 1.165) is 24.0 Å². The molecule has 0 aliphatic carbocycles. The third kappa shape index (κ3) is 3.11. The molecule has 0 amide bonds. The van der Waals surface area contributed by atoms with Crippen molar-refractivity contribution in [2.24, 2.45) is 5.92 Å². The van der Waals surface area contributed by atoms with E-state index in [9.17, 15) is 4.39 Å². The summed E-state index contributed by atoms with van der Waals surface area (Å²) in [6.45, 7) is 8.47. The molecule has 3 unspecified atom stereocenters. The van der Waals surface area contributed by atoms with Gasteiger partial charge in [0.1, 0.15) is 5.82 Å². The second-order valence-electron chi connectivity index (χ2n) is 5.34. The zero-order valence-electron chi connectivity index (χ0n) is 11.8. The number of nitrogens with zero attached hydrogens (tertiary/aromatic N) is 1. The van der Waals surface area contributed by atoms with Crippen LogP contribution in [0.2, 0.25) is 0 Å². The smallest absolute Gasteiger partial charge is 0.146 e. The van der Waals surface area contributed by atoms with Crippen LogP contribution in [0.15, 0.2) is 22.7 Å². The van der Waals surface area contributed by atoms with Crippen molar-refractivity contribution in [2.45, 2.75) is 39.3 Å². The summed E-state index contributed by atoms with van der Waals surface area (Å²) in [6, 6.07) is 6.03. The van der Waals surface area contributed by atoms with Crippen LogP contribution in [0.5, 0.6) is 0 Å². The molecule has 1 heterocycles. The van der Waals surface area contributed by atoms with Crippen molar-refractivity contribution in [1.29, 1.82) is 0 Å². The Morgan fingerprint density at radius 2 is 2.16 bits per heavy atom. The molecule has 2 rings (SSSR count). The Bertz CT molecular complexity index is 438. The largest absolute Gasteiger partial charge is 0.366 e. The molecular weight excluding hydrogens is 307 g/mol. The van der Waals surface area contributed by atoms with Gasteiger partial charge in [0.05, 0.1) is 5.69 Å². The van der Waals surface area contributed by atoms with Gasteiger partial charge in [0.2, 0.25) is 0 Å². The molecule has 1 aliphatic rings. The Hall–Kier alpha value is -0.610. The number of benzene rings is 1. The lowest BCUT2D eigenvalue weighted by Crippen LogP contribution is -2.53. The molecule has 0 saturated carbocycles. The molecule has 106 valence electrons. The van der Waals surface area contributed by atoms with Crippen LogP contribution in [0, 0.1) is 11.7 Å². The van der Waals surface area contributed by atoms with Gasteiger partial charge in [0, 0.05) is 23.1 Å². The van der Waals surface area contributed by atoms with E-state index in [1.54, 1.807) is 6.07 Å². The van der Waals surface area contributed by atoms with Gasteiger partial charge in [-0.25, -0.2) is 4.39 Å². The van der Waals surface area contributed by atoms with E-state index < -0.39 is 0 Å². The first kappa shape index (κ1) is 14.8. The number of rotatable bonds is 3. The molecule has 1 saturated heterocycles. The topological polar surface area (TPSA) is 15.3 Å². The first-order valence-electron chi connectivity index (χ1n) is 6.99. The van der Waals surface area contributed by atoms with Crippen molar-refractivity contribution >= 4 is 21.6 Å². The molecule has 0 bridgehead atoms. The van der Waals surface area contributed by atoms with Crippen molar-refractivity contribution in [3.05, 3.63) is 28.5 Å². The number of halogens is 2. The molecule has 1 N–H and O–H groups in total. The zero-order valence-corrected chi connectivity index (χ0v) is 13.4. The molecule has 19 heavy (non-hydrogen) atoms. The van der Waals surface area contributed by atoms with Gasteiger partial charge < -0.3 is 10.2 Å². The highest BCUT2D eigenvalue weighted by atomic mass is 79.9. The van der Waals surface area contributed by atoms with Crippen molar-refractivity contribution in [3.63, 3.8) is 0 Å². The van der Waals surface area contributed by atoms with E-state index in [4.69, 9.17) is 0 Å². The normalized spacial score (nSPS) is 27.6. The molecule has 0 spiro atoms. The first-order valence-corrected chi connectivity index (χ1v) is 7.79. The van der Waals surface area contributed by atoms with E-state index in [1.165, 1.54) is 6.07 Å². The van der Waals surface area contributed by atoms with E-state index in [2.05, 4.69) is 46.9 Å². The maximum Gasteiger partial charge on any atom is 0.146 e. The molecule has 1 aromatic carbocycles. The number of nitrogens with one attached hydrogen (secondary N) is 1. The first-order chi connectivity index (χ1) is 9.04. The van der Waals surface area contributed by atoms with Crippen LogP contribution in [-0.2, 0) is 0 Å². The molecule has 0 radical (unpaired) electrons. The minimum absolute atomic E-state index is 0.135. The highest BCUT2D eigenvalue weighted by molar-refractivity contribution is 9.10. The average Bonchev–Trinajstić information content (AvgIpc) is 2.39. The second-order valence-corrected chi connectivity index (χ2v) is 6.26. The fourth-order valence-electron chi connectivity index (χ4n) is 2.96. The molecule has 2 nitrogen and oxygen atoms in total. The van der Waals surface area contributed by atoms with Crippen LogP contribution in [0.4, 0.5) is 10.1 Å². The third-order valence-electron chi connectivity index (χ3n) is 4.25. The van der Waals surface area contributed by atoms with Crippen molar-refractivity contribution < 1.29 is 4.39 Å². The minimum atomic E-state index is -0.135. The van der Waals surface area contributed by atoms with E-state index in [-0.39, 0.29) is 5.82 Å². The fourth-order valence-corrected chi connectivity index (χ4v) is 3.31. The Labute approximate surface area is 123 Å². The number of anilines is 1. The molecule has 1 aliphatic heterocycles. The van der Waals surface area contributed by atoms with Crippen molar-refractivity contribution in [1.82, 2.24) is 5.32 Å². The molecule has 0 aromatic heterocycles. The van der Waals surface area contributed by atoms with Crippen LogP contribution in [0.3, 0.4) is 0 Å². The van der Waals surface area contributed by atoms with Gasteiger partial charge in [-0.2, -0.15) is 0 Å². The standard InChI is InChI=1S/C15H22BrFN2/c1-4-18-14-7-8-19(11(3)10(14)2)15-9-12(16)5-6-13(15)17/h5-6,9-11,14,18H,4,7-8H2,1-3H3. The maximum absolute atomic E-state index is 14.0. The summed E-state index contributed by atoms with van der Waals surface area (Å²) in [5, 5.41) is 3.53. The SMILES string of the molecule is CCNC1CCN(c2cc(Br)ccc2F)C(C)C1C. The highest BCUT2D eigenvalue weighted by Gasteiger charge is 2.33. The maximum atomic E-state index is 14.0. The Balaban J connectivity index is 2.20. The zero-order chi connectivity index (χ0) is 14.0. The minimum Gasteiger partial charge on any atom is -0.366 e. The van der Waals surface area contributed by atoms with Crippen molar-refractivity contribution in [2.75, 3.05) is 18.0 Å². The van der Waals surface area contributed by atoms with Crippen molar-refractivity contribution in [3.8, 4) is 0 Å². The quantitative estimate of drug-likeness (QED) is 0.907. The number of hydrogen-bond acceptors (Lipinski definition) is 2. The predicted octanol–water partition coefficient (Wildman–Crippen LogP) is 3.80. The van der Waals surface area contributed by atoms with E-state index >= 15 is 0 Å². The predicted molar refractivity (Wildman–Crippen MR) is 82.2 cm³/mol. The molecular formula is C15H22BrFN2. The number of hydrogen-bond donors (Lipinski definition) is 1. The lowest BCUT2D eigenvalue weighted by molar-refractivity contribution is 0.273. The van der Waals surface area contributed by atoms with Crippen LogP contribution in [-0.4, -0.2) is 25.2 Å². The highest BCUT2D eigenvalue weighted by Crippen LogP contribution is 2.32. The van der Waals surface area contributed by atoms with Gasteiger partial charge in [-0.15, -0.1) is 0 Å². The third-order valence-corrected chi connectivity index (χ3v) is 4.75. The Kier molecular flexibility index (Phi) is 4.85. The summed E-state index contributed by atoms with van der Waals surface area (Å²) < 4.78 is 14.9. The average molecular weight is 329 g/mol. The molecule has 4 heteroatoms. The van der Waals surface area contributed by atoms with Crippen LogP contribution >= 0.6 is 15.9 Å². The number of piperidine rings is 1. The Morgan fingerprint density at radius 1 is 1.42 bits per heavy atom. The summed E-state index contributed by atoms with van der Waals surface area (Å²) in [5.41, 5.74) is 0.712. The van der Waals surface area contributed by atoms with E-state index in [1.807, 2.05) is 6.07 Å². The second kappa shape index (κ2) is 6.23. The van der Waals surface area contributed by atoms with Gasteiger partial charge in [-0.05, 0) is 44.0 Å². The lowest BCUT2D eigenvalue weighted by Gasteiger charge is -2.44.